The van der Waals surface area contributed by atoms with Gasteiger partial charge in [-0.2, -0.15) is 0 Å². The molecule has 0 spiro atoms. The summed E-state index contributed by atoms with van der Waals surface area (Å²) in [5.41, 5.74) is 3.58. The van der Waals surface area contributed by atoms with Gasteiger partial charge >= 0.3 is 0 Å². The first-order valence-electron chi connectivity index (χ1n) is 9.12. The number of anilines is 1. The minimum absolute atomic E-state index is 0.000760. The molecule has 1 amide bonds. The number of hydrogen-bond donors (Lipinski definition) is 2. The molecule has 4 rings (SSSR count). The van der Waals surface area contributed by atoms with Gasteiger partial charge in [-0.15, -0.1) is 0 Å². The Morgan fingerprint density at radius 1 is 1.07 bits per heavy atom. The minimum atomic E-state index is -0.506. The van der Waals surface area contributed by atoms with Crippen molar-refractivity contribution in [2.75, 3.05) is 12.4 Å². The molecule has 0 bridgehead atoms. The highest BCUT2D eigenvalue weighted by Crippen LogP contribution is 2.26. The number of carbonyl (C=O) groups excluding carboxylic acids is 1. The fourth-order valence-corrected chi connectivity index (χ4v) is 3.37. The van der Waals surface area contributed by atoms with E-state index in [4.69, 9.17) is 4.74 Å². The van der Waals surface area contributed by atoms with Crippen molar-refractivity contribution in [1.82, 2.24) is 14.6 Å². The van der Waals surface area contributed by atoms with Gasteiger partial charge in [0, 0.05) is 16.9 Å². The molecule has 4 aromatic rings. The lowest BCUT2D eigenvalue weighted by Crippen LogP contribution is -2.29. The van der Waals surface area contributed by atoms with Gasteiger partial charge in [-0.05, 0) is 43.7 Å². The van der Waals surface area contributed by atoms with Gasteiger partial charge in [-0.1, -0.05) is 30.3 Å². The molecule has 0 aliphatic rings. The number of hydrogen-bond acceptors (Lipinski definition) is 4. The van der Waals surface area contributed by atoms with Crippen LogP contribution in [0.3, 0.4) is 0 Å². The Kier molecular flexibility index (Phi) is 4.64. The number of amides is 1. The maximum absolute atomic E-state index is 13.1. The lowest BCUT2D eigenvalue weighted by atomic mass is 10.1. The number of nitrogens with one attached hydrogen (secondary N) is 2. The summed E-state index contributed by atoms with van der Waals surface area (Å²) >= 11 is 0. The van der Waals surface area contributed by atoms with Crippen molar-refractivity contribution in [3.8, 4) is 16.9 Å². The predicted octanol–water partition coefficient (Wildman–Crippen LogP) is 3.57. The van der Waals surface area contributed by atoms with Crippen molar-refractivity contribution in [2.24, 2.45) is 0 Å². The molecule has 29 heavy (non-hydrogen) atoms. The summed E-state index contributed by atoms with van der Waals surface area (Å²) in [7, 11) is 1.57. The van der Waals surface area contributed by atoms with Gasteiger partial charge in [0.2, 0.25) is 0 Å². The summed E-state index contributed by atoms with van der Waals surface area (Å²) in [5, 5.41) is 5.79. The van der Waals surface area contributed by atoms with Crippen LogP contribution in [0, 0.1) is 13.8 Å². The first kappa shape index (κ1) is 18.5. The molecule has 7 heteroatoms. The molecule has 7 nitrogen and oxygen atoms in total. The molecule has 0 aliphatic carbocycles. The SMILES string of the molecule is COc1ccc(NC(=O)c2c(C)nc3c(-c4ccccc4)c(C)[nH]n3c2=O)cc1. The van der Waals surface area contributed by atoms with Gasteiger partial charge in [0.1, 0.15) is 11.3 Å². The Hall–Kier alpha value is -3.87. The van der Waals surface area contributed by atoms with Crippen LogP contribution in [0.4, 0.5) is 5.69 Å². The van der Waals surface area contributed by atoms with Crippen LogP contribution < -0.4 is 15.6 Å². The molecule has 0 atom stereocenters. The lowest BCUT2D eigenvalue weighted by Gasteiger charge is -2.08. The summed E-state index contributed by atoms with van der Waals surface area (Å²) in [6.07, 6.45) is 0. The topological polar surface area (TPSA) is 88.5 Å². The zero-order valence-electron chi connectivity index (χ0n) is 16.3. The first-order chi connectivity index (χ1) is 14.0. The number of carbonyl (C=O) groups is 1. The Balaban J connectivity index is 1.78. The van der Waals surface area contributed by atoms with Crippen molar-refractivity contribution in [3.63, 3.8) is 0 Å². The number of aromatic nitrogens is 3. The molecule has 0 fully saturated rings. The van der Waals surface area contributed by atoms with Gasteiger partial charge in [-0.25, -0.2) is 9.50 Å². The number of aromatic amines is 1. The molecule has 0 aliphatic heterocycles. The van der Waals surface area contributed by atoms with E-state index in [1.165, 1.54) is 4.52 Å². The quantitative estimate of drug-likeness (QED) is 0.559. The Morgan fingerprint density at radius 2 is 1.76 bits per heavy atom. The highest BCUT2D eigenvalue weighted by Gasteiger charge is 2.21. The van der Waals surface area contributed by atoms with Crippen LogP contribution in [0.25, 0.3) is 16.8 Å². The molecule has 0 saturated carbocycles. The van der Waals surface area contributed by atoms with Crippen molar-refractivity contribution in [1.29, 1.82) is 0 Å². The van der Waals surface area contributed by atoms with Gasteiger partial charge in [0.15, 0.2) is 5.65 Å². The maximum Gasteiger partial charge on any atom is 0.285 e. The van der Waals surface area contributed by atoms with Crippen molar-refractivity contribution < 1.29 is 9.53 Å². The number of nitrogens with zero attached hydrogens (tertiary/aromatic N) is 2. The van der Waals surface area contributed by atoms with E-state index < -0.39 is 11.5 Å². The summed E-state index contributed by atoms with van der Waals surface area (Å²) in [6.45, 7) is 3.55. The number of H-pyrrole nitrogens is 1. The number of benzene rings is 2. The Morgan fingerprint density at radius 3 is 2.41 bits per heavy atom. The van der Waals surface area contributed by atoms with Gasteiger partial charge in [-0.3, -0.25) is 14.7 Å². The fraction of sp³-hybridized carbons (Fsp3) is 0.136. The Bertz CT molecular complexity index is 1260. The third-order valence-electron chi connectivity index (χ3n) is 4.78. The molecule has 0 unspecified atom stereocenters. The monoisotopic (exact) mass is 388 g/mol. The number of rotatable bonds is 4. The van der Waals surface area contributed by atoms with Crippen molar-refractivity contribution >= 4 is 17.2 Å². The van der Waals surface area contributed by atoms with Crippen LogP contribution in [0.2, 0.25) is 0 Å². The summed E-state index contributed by atoms with van der Waals surface area (Å²) < 4.78 is 6.44. The summed E-state index contributed by atoms with van der Waals surface area (Å²) in [4.78, 5) is 30.5. The van der Waals surface area contributed by atoms with Crippen molar-refractivity contribution in [2.45, 2.75) is 13.8 Å². The molecule has 2 heterocycles. The van der Waals surface area contributed by atoms with Crippen LogP contribution in [-0.4, -0.2) is 27.6 Å². The number of fused-ring (bicyclic) bond motifs is 1. The molecule has 146 valence electrons. The lowest BCUT2D eigenvalue weighted by molar-refractivity contribution is 0.102. The standard InChI is InChI=1S/C22H20N4O3/c1-13-19(21(27)24-16-9-11-17(29-3)12-10-16)22(28)26-20(23-13)18(14(2)25-26)15-7-5-4-6-8-15/h4-12,25H,1-3H3,(H,24,27). The molecule has 2 aromatic carbocycles. The molecule has 2 aromatic heterocycles. The summed E-state index contributed by atoms with van der Waals surface area (Å²) in [6, 6.07) is 16.6. The highest BCUT2D eigenvalue weighted by molar-refractivity contribution is 6.05. The molecular formula is C22H20N4O3. The number of ether oxygens (including phenoxy) is 1. The predicted molar refractivity (Wildman–Crippen MR) is 112 cm³/mol. The largest absolute Gasteiger partial charge is 0.497 e. The second-order valence-corrected chi connectivity index (χ2v) is 6.70. The summed E-state index contributed by atoms with van der Waals surface area (Å²) in [5.74, 6) is 0.172. The van der Waals surface area contributed by atoms with Crippen LogP contribution >= 0.6 is 0 Å². The average Bonchev–Trinajstić information content (AvgIpc) is 3.05. The van der Waals surface area contributed by atoms with E-state index in [0.717, 1.165) is 16.8 Å². The molecule has 0 radical (unpaired) electrons. The third kappa shape index (κ3) is 3.27. The van der Waals surface area contributed by atoms with Crippen LogP contribution in [0.1, 0.15) is 21.7 Å². The minimum Gasteiger partial charge on any atom is -0.497 e. The zero-order valence-corrected chi connectivity index (χ0v) is 16.3. The van der Waals surface area contributed by atoms with Crippen LogP contribution in [-0.2, 0) is 0 Å². The van der Waals surface area contributed by atoms with Gasteiger partial charge in [0.05, 0.1) is 12.8 Å². The maximum atomic E-state index is 13.1. The van der Waals surface area contributed by atoms with Crippen molar-refractivity contribution in [3.05, 3.63) is 81.9 Å². The molecular weight excluding hydrogens is 368 g/mol. The van der Waals surface area contributed by atoms with E-state index in [-0.39, 0.29) is 5.56 Å². The Labute approximate surface area is 167 Å². The number of aryl methyl sites for hydroxylation is 2. The molecule has 0 saturated heterocycles. The first-order valence-corrected chi connectivity index (χ1v) is 9.12. The third-order valence-corrected chi connectivity index (χ3v) is 4.78. The van der Waals surface area contributed by atoms with E-state index in [2.05, 4.69) is 15.4 Å². The van der Waals surface area contributed by atoms with E-state index in [0.29, 0.717) is 22.8 Å². The van der Waals surface area contributed by atoms with E-state index in [9.17, 15) is 9.59 Å². The van der Waals surface area contributed by atoms with Crippen LogP contribution in [0.15, 0.2) is 59.4 Å². The normalized spacial score (nSPS) is 10.9. The fourth-order valence-electron chi connectivity index (χ4n) is 3.37. The van der Waals surface area contributed by atoms with E-state index >= 15 is 0 Å². The second-order valence-electron chi connectivity index (χ2n) is 6.70. The van der Waals surface area contributed by atoms with Gasteiger partial charge in [0.25, 0.3) is 11.5 Å². The highest BCUT2D eigenvalue weighted by atomic mass is 16.5. The van der Waals surface area contributed by atoms with E-state index in [1.54, 1.807) is 38.3 Å². The smallest absolute Gasteiger partial charge is 0.285 e. The second kappa shape index (κ2) is 7.27. The van der Waals surface area contributed by atoms with E-state index in [1.807, 2.05) is 37.3 Å². The zero-order chi connectivity index (χ0) is 20.5. The van der Waals surface area contributed by atoms with Gasteiger partial charge < -0.3 is 10.1 Å². The number of methoxy groups -OCH3 is 1. The molecule has 2 N–H and O–H groups in total. The van der Waals surface area contributed by atoms with Crippen LogP contribution in [0.5, 0.6) is 5.75 Å². The average molecular weight is 388 g/mol.